The summed E-state index contributed by atoms with van der Waals surface area (Å²) in [6.45, 7) is 0.548. The Morgan fingerprint density at radius 1 is 1.52 bits per heavy atom. The van der Waals surface area contributed by atoms with Crippen molar-refractivity contribution in [2.45, 2.75) is 24.9 Å². The first-order valence-corrected chi connectivity index (χ1v) is 6.77. The number of β-amino-alcohol motifs (C(OH)–C–C–N with tert-alkyl or cyclic N) is 1. The number of likely N-dealkylation sites (tertiary alicyclic amines) is 1. The van der Waals surface area contributed by atoms with Gasteiger partial charge in [-0.05, 0) is 25.0 Å². The zero-order valence-electron chi connectivity index (χ0n) is 11.8. The van der Waals surface area contributed by atoms with Crippen LogP contribution in [0.2, 0.25) is 0 Å². The van der Waals surface area contributed by atoms with Crippen LogP contribution in [0.25, 0.3) is 0 Å². The summed E-state index contributed by atoms with van der Waals surface area (Å²) in [5.74, 6) is -1.15. The highest BCUT2D eigenvalue weighted by atomic mass is 19.1. The number of amides is 2. The number of pyridine rings is 1. The van der Waals surface area contributed by atoms with E-state index < -0.39 is 11.4 Å². The second-order valence-corrected chi connectivity index (χ2v) is 5.27. The predicted molar refractivity (Wildman–Crippen MR) is 73.0 cm³/mol. The molecule has 21 heavy (non-hydrogen) atoms. The van der Waals surface area contributed by atoms with Crippen molar-refractivity contribution in [3.05, 3.63) is 29.8 Å². The van der Waals surface area contributed by atoms with Crippen LogP contribution in [0.15, 0.2) is 18.3 Å². The predicted octanol–water partition coefficient (Wildman–Crippen LogP) is 0.324. The average molecular weight is 295 g/mol. The molecule has 7 heteroatoms. The van der Waals surface area contributed by atoms with E-state index >= 15 is 0 Å². The molecule has 0 saturated carbocycles. The maximum Gasteiger partial charge on any atom is 0.272 e. The van der Waals surface area contributed by atoms with Crippen LogP contribution in [0.3, 0.4) is 0 Å². The molecule has 2 heterocycles. The lowest BCUT2D eigenvalue weighted by molar-refractivity contribution is -0.127. The van der Waals surface area contributed by atoms with Crippen LogP contribution in [0.4, 0.5) is 4.39 Å². The highest BCUT2D eigenvalue weighted by Crippen LogP contribution is 2.25. The van der Waals surface area contributed by atoms with Crippen molar-refractivity contribution in [3.8, 4) is 0 Å². The molecule has 0 aromatic carbocycles. The Morgan fingerprint density at radius 3 is 2.90 bits per heavy atom. The Morgan fingerprint density at radius 2 is 2.29 bits per heavy atom. The van der Waals surface area contributed by atoms with Crippen molar-refractivity contribution in [1.82, 2.24) is 15.2 Å². The third kappa shape index (κ3) is 3.75. The fourth-order valence-electron chi connectivity index (χ4n) is 2.48. The molecule has 0 radical (unpaired) electrons. The van der Waals surface area contributed by atoms with Gasteiger partial charge in [-0.15, -0.1) is 0 Å². The van der Waals surface area contributed by atoms with Gasteiger partial charge in [0.05, 0.1) is 24.8 Å². The number of hydrogen-bond acceptors (Lipinski definition) is 4. The number of rotatable bonds is 3. The molecule has 1 saturated heterocycles. The molecule has 114 valence electrons. The van der Waals surface area contributed by atoms with Gasteiger partial charge in [0.1, 0.15) is 11.5 Å². The number of nitrogens with one attached hydrogen (secondary N) is 1. The van der Waals surface area contributed by atoms with E-state index in [1.807, 2.05) is 0 Å². The van der Waals surface area contributed by atoms with Gasteiger partial charge in [-0.3, -0.25) is 9.59 Å². The molecular weight excluding hydrogens is 277 g/mol. The number of aromatic nitrogens is 1. The summed E-state index contributed by atoms with van der Waals surface area (Å²) in [7, 11) is 1.50. The molecule has 0 aliphatic carbocycles. The number of hydrogen-bond donors (Lipinski definition) is 2. The molecule has 0 bridgehead atoms. The Hall–Kier alpha value is -2.02. The second kappa shape index (κ2) is 6.17. The Kier molecular flexibility index (Phi) is 4.52. The standard InChI is InChI=1S/C14H18FN3O3/c1-16-12(19)7-14(21)5-2-6-18(9-14)13(20)11-4-3-10(15)8-17-11/h3-4,8,21H,2,5-7,9H2,1H3,(H,16,19). The highest BCUT2D eigenvalue weighted by Gasteiger charge is 2.37. The van der Waals surface area contributed by atoms with Crippen LogP contribution < -0.4 is 5.32 Å². The first-order chi connectivity index (χ1) is 9.93. The van der Waals surface area contributed by atoms with Crippen LogP contribution in [-0.4, -0.2) is 52.5 Å². The number of piperidine rings is 1. The van der Waals surface area contributed by atoms with Gasteiger partial charge in [0.2, 0.25) is 5.91 Å². The molecule has 2 rings (SSSR count). The zero-order chi connectivity index (χ0) is 15.5. The topological polar surface area (TPSA) is 82.5 Å². The molecule has 2 amide bonds. The number of carbonyl (C=O) groups excluding carboxylic acids is 2. The second-order valence-electron chi connectivity index (χ2n) is 5.27. The van der Waals surface area contributed by atoms with Crippen molar-refractivity contribution >= 4 is 11.8 Å². The summed E-state index contributed by atoms with van der Waals surface area (Å²) in [5, 5.41) is 12.9. The Bertz CT molecular complexity index is 535. The van der Waals surface area contributed by atoms with E-state index in [1.165, 1.54) is 24.1 Å². The monoisotopic (exact) mass is 295 g/mol. The number of halogens is 1. The SMILES string of the molecule is CNC(=O)CC1(O)CCCN(C(=O)c2ccc(F)cn2)C1. The van der Waals surface area contributed by atoms with E-state index in [0.29, 0.717) is 19.4 Å². The largest absolute Gasteiger partial charge is 0.388 e. The van der Waals surface area contributed by atoms with E-state index in [4.69, 9.17) is 0 Å². The highest BCUT2D eigenvalue weighted by molar-refractivity contribution is 5.92. The van der Waals surface area contributed by atoms with E-state index in [1.54, 1.807) is 0 Å². The minimum atomic E-state index is -1.23. The average Bonchev–Trinajstić information content (AvgIpc) is 2.46. The molecule has 1 unspecified atom stereocenters. The summed E-state index contributed by atoms with van der Waals surface area (Å²) in [4.78, 5) is 28.9. The lowest BCUT2D eigenvalue weighted by Crippen LogP contribution is -2.52. The number of carbonyl (C=O) groups is 2. The first kappa shape index (κ1) is 15.4. The van der Waals surface area contributed by atoms with Crippen molar-refractivity contribution < 1.29 is 19.1 Å². The smallest absolute Gasteiger partial charge is 0.272 e. The molecule has 1 aromatic heterocycles. The van der Waals surface area contributed by atoms with E-state index in [0.717, 1.165) is 6.20 Å². The molecule has 1 atom stereocenters. The summed E-state index contributed by atoms with van der Waals surface area (Å²) in [5.41, 5.74) is -1.10. The van der Waals surface area contributed by atoms with Crippen LogP contribution in [-0.2, 0) is 4.79 Å². The molecule has 2 N–H and O–H groups in total. The van der Waals surface area contributed by atoms with Crippen LogP contribution in [0.5, 0.6) is 0 Å². The third-order valence-electron chi connectivity index (χ3n) is 3.56. The number of nitrogens with zero attached hydrogens (tertiary/aromatic N) is 2. The van der Waals surface area contributed by atoms with Gasteiger partial charge < -0.3 is 15.3 Å². The molecular formula is C14H18FN3O3. The van der Waals surface area contributed by atoms with Crippen molar-refractivity contribution in [1.29, 1.82) is 0 Å². The van der Waals surface area contributed by atoms with Crippen LogP contribution in [0, 0.1) is 5.82 Å². The lowest BCUT2D eigenvalue weighted by Gasteiger charge is -2.38. The van der Waals surface area contributed by atoms with Gasteiger partial charge >= 0.3 is 0 Å². The zero-order valence-corrected chi connectivity index (χ0v) is 11.8. The van der Waals surface area contributed by atoms with Crippen molar-refractivity contribution in [3.63, 3.8) is 0 Å². The van der Waals surface area contributed by atoms with Gasteiger partial charge in [-0.2, -0.15) is 0 Å². The van der Waals surface area contributed by atoms with Gasteiger partial charge in [-0.1, -0.05) is 0 Å². The number of aliphatic hydroxyl groups is 1. The first-order valence-electron chi connectivity index (χ1n) is 6.77. The Labute approximate surface area is 122 Å². The maximum atomic E-state index is 12.8. The van der Waals surface area contributed by atoms with Gasteiger partial charge in [-0.25, -0.2) is 9.37 Å². The fourth-order valence-corrected chi connectivity index (χ4v) is 2.48. The van der Waals surface area contributed by atoms with Crippen molar-refractivity contribution in [2.24, 2.45) is 0 Å². The normalized spacial score (nSPS) is 22.0. The fraction of sp³-hybridized carbons (Fsp3) is 0.500. The summed E-state index contributed by atoms with van der Waals surface area (Å²) < 4.78 is 12.8. The quantitative estimate of drug-likeness (QED) is 0.841. The van der Waals surface area contributed by atoms with Gasteiger partial charge in [0.15, 0.2) is 0 Å². The molecule has 1 aliphatic heterocycles. The van der Waals surface area contributed by atoms with Crippen LogP contribution in [0.1, 0.15) is 29.8 Å². The summed E-state index contributed by atoms with van der Waals surface area (Å²) in [6.07, 6.45) is 1.99. The van der Waals surface area contributed by atoms with Gasteiger partial charge in [0, 0.05) is 13.6 Å². The minimum absolute atomic E-state index is 0.0515. The van der Waals surface area contributed by atoms with Gasteiger partial charge in [0.25, 0.3) is 5.91 Å². The van der Waals surface area contributed by atoms with E-state index in [2.05, 4.69) is 10.3 Å². The molecule has 6 nitrogen and oxygen atoms in total. The molecule has 1 aliphatic rings. The summed E-state index contributed by atoms with van der Waals surface area (Å²) >= 11 is 0. The maximum absolute atomic E-state index is 12.8. The molecule has 1 fully saturated rings. The summed E-state index contributed by atoms with van der Waals surface area (Å²) in [6, 6.07) is 2.48. The van der Waals surface area contributed by atoms with Crippen molar-refractivity contribution in [2.75, 3.05) is 20.1 Å². The van der Waals surface area contributed by atoms with E-state index in [9.17, 15) is 19.1 Å². The van der Waals surface area contributed by atoms with Crippen LogP contribution >= 0.6 is 0 Å². The van der Waals surface area contributed by atoms with E-state index in [-0.39, 0.29) is 30.5 Å². The molecule has 1 aromatic rings. The molecule has 0 spiro atoms. The Balaban J connectivity index is 2.08. The minimum Gasteiger partial charge on any atom is -0.388 e. The lowest BCUT2D eigenvalue weighted by atomic mass is 9.89. The third-order valence-corrected chi connectivity index (χ3v) is 3.56.